The van der Waals surface area contributed by atoms with Gasteiger partial charge in [0.25, 0.3) is 0 Å². The number of carbonyl (C=O) groups is 2. The first-order chi connectivity index (χ1) is 15.5. The van der Waals surface area contributed by atoms with Crippen LogP contribution in [0.25, 0.3) is 0 Å². The van der Waals surface area contributed by atoms with E-state index in [2.05, 4.69) is 20.4 Å². The Bertz CT molecular complexity index is 861. The Hall–Kier alpha value is -2.45. The number of nitrogens with one attached hydrogen (secondary N) is 2. The maximum atomic E-state index is 13.9. The number of piperazine rings is 1. The van der Waals surface area contributed by atoms with Crippen molar-refractivity contribution < 1.29 is 18.7 Å². The normalized spacial score (nSPS) is 23.6. The number of halogens is 1. The summed E-state index contributed by atoms with van der Waals surface area (Å²) in [4.78, 5) is 30.2. The molecule has 0 radical (unpaired) electrons. The van der Waals surface area contributed by atoms with E-state index in [1.807, 2.05) is 0 Å². The van der Waals surface area contributed by atoms with Gasteiger partial charge in [0.2, 0.25) is 0 Å². The summed E-state index contributed by atoms with van der Waals surface area (Å²) in [6.45, 7) is 6.16. The fraction of sp³-hybridized carbons (Fsp3) is 0.583. The van der Waals surface area contributed by atoms with E-state index in [0.717, 1.165) is 26.2 Å². The fourth-order valence-corrected chi connectivity index (χ4v) is 5.09. The van der Waals surface area contributed by atoms with Gasteiger partial charge in [-0.25, -0.2) is 14.0 Å². The van der Waals surface area contributed by atoms with Crippen LogP contribution in [0.5, 0.6) is 0 Å². The number of esters is 1. The zero-order valence-electron chi connectivity index (χ0n) is 18.7. The summed E-state index contributed by atoms with van der Waals surface area (Å²) in [5.74, 6) is -0.913. The number of ether oxygens (including phenoxy) is 1. The summed E-state index contributed by atoms with van der Waals surface area (Å²) in [6, 6.07) is 5.50. The fourth-order valence-electron chi connectivity index (χ4n) is 5.09. The summed E-state index contributed by atoms with van der Waals surface area (Å²) in [5.41, 5.74) is 1.39. The highest BCUT2D eigenvalue weighted by Gasteiger charge is 2.35. The lowest BCUT2D eigenvalue weighted by molar-refractivity contribution is -0.139. The van der Waals surface area contributed by atoms with Crippen LogP contribution in [0.2, 0.25) is 0 Å². The molecule has 0 bridgehead atoms. The lowest BCUT2D eigenvalue weighted by Gasteiger charge is -2.41. The van der Waals surface area contributed by atoms with Gasteiger partial charge in [0.05, 0.1) is 18.2 Å². The van der Waals surface area contributed by atoms with E-state index in [9.17, 15) is 14.0 Å². The molecule has 2 N–H and O–H groups in total. The highest BCUT2D eigenvalue weighted by atomic mass is 19.1. The molecule has 174 valence electrons. The molecule has 2 fully saturated rings. The standard InChI is InChI=1S/C24H33FN4O3/c1-2-32-23(30)21-20(26-24(31)27-22(21)17-7-6-8-18(25)15-17)16-28-11-13-29(14-12-28)19-9-4-3-5-10-19/h6-8,15,19,22H,2-5,9-14,16H2,1H3,(H2,26,27,31)/t22-/m0/s1. The Morgan fingerprint density at radius 1 is 1.16 bits per heavy atom. The van der Waals surface area contributed by atoms with Crippen LogP contribution in [0.1, 0.15) is 50.6 Å². The van der Waals surface area contributed by atoms with E-state index in [1.165, 1.54) is 44.2 Å². The number of benzene rings is 1. The summed E-state index contributed by atoms with van der Waals surface area (Å²) in [7, 11) is 0. The topological polar surface area (TPSA) is 73.9 Å². The van der Waals surface area contributed by atoms with Gasteiger partial charge in [0, 0.05) is 44.5 Å². The molecular weight excluding hydrogens is 411 g/mol. The molecule has 7 nitrogen and oxygen atoms in total. The molecule has 0 aromatic heterocycles. The average Bonchev–Trinajstić information content (AvgIpc) is 2.80. The Labute approximate surface area is 189 Å². The van der Waals surface area contributed by atoms with Gasteiger partial charge in [-0.15, -0.1) is 0 Å². The second-order valence-electron chi connectivity index (χ2n) is 8.80. The molecule has 4 rings (SSSR count). The van der Waals surface area contributed by atoms with Crippen LogP contribution >= 0.6 is 0 Å². The Kier molecular flexibility index (Phi) is 7.42. The number of carbonyl (C=O) groups excluding carboxylic acids is 2. The van der Waals surface area contributed by atoms with Crippen molar-refractivity contribution >= 4 is 12.0 Å². The highest BCUT2D eigenvalue weighted by Crippen LogP contribution is 2.29. The monoisotopic (exact) mass is 444 g/mol. The molecule has 1 saturated carbocycles. The first-order valence-corrected chi connectivity index (χ1v) is 11.7. The molecule has 1 aromatic carbocycles. The van der Waals surface area contributed by atoms with Gasteiger partial charge >= 0.3 is 12.0 Å². The van der Waals surface area contributed by atoms with E-state index >= 15 is 0 Å². The minimum Gasteiger partial charge on any atom is -0.463 e. The molecule has 3 aliphatic rings. The molecular formula is C24H33FN4O3. The molecule has 2 aliphatic heterocycles. The Morgan fingerprint density at radius 2 is 1.91 bits per heavy atom. The number of amides is 2. The SMILES string of the molecule is CCOC(=O)C1=C(CN2CCN(C3CCCCC3)CC2)NC(=O)N[C@H]1c1cccc(F)c1. The predicted molar refractivity (Wildman–Crippen MR) is 119 cm³/mol. The van der Waals surface area contributed by atoms with Gasteiger partial charge in [-0.3, -0.25) is 9.80 Å². The number of urea groups is 1. The van der Waals surface area contributed by atoms with Crippen LogP contribution in [0, 0.1) is 5.82 Å². The van der Waals surface area contributed by atoms with Crippen molar-refractivity contribution in [3.8, 4) is 0 Å². The van der Waals surface area contributed by atoms with Crippen molar-refractivity contribution in [2.75, 3.05) is 39.3 Å². The van der Waals surface area contributed by atoms with Gasteiger partial charge in [0.15, 0.2) is 0 Å². The summed E-state index contributed by atoms with van der Waals surface area (Å²) < 4.78 is 19.2. The molecule has 1 aliphatic carbocycles. The van der Waals surface area contributed by atoms with Crippen LogP contribution in [-0.2, 0) is 9.53 Å². The molecule has 0 spiro atoms. The van der Waals surface area contributed by atoms with E-state index in [4.69, 9.17) is 4.74 Å². The number of hydrogen-bond donors (Lipinski definition) is 2. The second-order valence-corrected chi connectivity index (χ2v) is 8.80. The van der Waals surface area contributed by atoms with Gasteiger partial charge in [0.1, 0.15) is 5.82 Å². The Balaban J connectivity index is 1.52. The maximum Gasteiger partial charge on any atom is 0.338 e. The van der Waals surface area contributed by atoms with Crippen LogP contribution < -0.4 is 10.6 Å². The molecule has 0 unspecified atom stereocenters. The largest absolute Gasteiger partial charge is 0.463 e. The smallest absolute Gasteiger partial charge is 0.338 e. The van der Waals surface area contributed by atoms with Crippen LogP contribution in [-0.4, -0.2) is 67.2 Å². The van der Waals surface area contributed by atoms with Crippen molar-refractivity contribution in [1.82, 2.24) is 20.4 Å². The second kappa shape index (κ2) is 10.4. The van der Waals surface area contributed by atoms with Gasteiger partial charge in [-0.05, 0) is 37.5 Å². The third-order valence-corrected chi connectivity index (χ3v) is 6.71. The van der Waals surface area contributed by atoms with Gasteiger partial charge in [-0.1, -0.05) is 31.4 Å². The van der Waals surface area contributed by atoms with E-state index in [-0.39, 0.29) is 6.61 Å². The van der Waals surface area contributed by atoms with E-state index < -0.39 is 23.9 Å². The minimum absolute atomic E-state index is 0.222. The molecule has 1 saturated heterocycles. The molecule has 8 heteroatoms. The van der Waals surface area contributed by atoms with Gasteiger partial charge < -0.3 is 15.4 Å². The molecule has 2 amide bonds. The molecule has 2 heterocycles. The lowest BCUT2D eigenvalue weighted by atomic mass is 9.93. The number of rotatable bonds is 6. The minimum atomic E-state index is -0.753. The van der Waals surface area contributed by atoms with Crippen molar-refractivity contribution in [3.05, 3.63) is 46.9 Å². The molecule has 1 atom stereocenters. The molecule has 1 aromatic rings. The van der Waals surface area contributed by atoms with Crippen LogP contribution in [0.15, 0.2) is 35.5 Å². The number of nitrogens with zero attached hydrogens (tertiary/aromatic N) is 2. The first kappa shape index (κ1) is 22.7. The van der Waals surface area contributed by atoms with E-state index in [1.54, 1.807) is 19.1 Å². The predicted octanol–water partition coefficient (Wildman–Crippen LogP) is 2.95. The first-order valence-electron chi connectivity index (χ1n) is 11.7. The third kappa shape index (κ3) is 5.30. The quantitative estimate of drug-likeness (QED) is 0.660. The van der Waals surface area contributed by atoms with Crippen molar-refractivity contribution in [3.63, 3.8) is 0 Å². The molecule has 32 heavy (non-hydrogen) atoms. The van der Waals surface area contributed by atoms with Crippen LogP contribution in [0.4, 0.5) is 9.18 Å². The van der Waals surface area contributed by atoms with Crippen LogP contribution in [0.3, 0.4) is 0 Å². The van der Waals surface area contributed by atoms with Crippen molar-refractivity contribution in [2.24, 2.45) is 0 Å². The zero-order chi connectivity index (χ0) is 22.5. The maximum absolute atomic E-state index is 13.9. The third-order valence-electron chi connectivity index (χ3n) is 6.71. The number of hydrogen-bond acceptors (Lipinski definition) is 5. The Morgan fingerprint density at radius 3 is 2.59 bits per heavy atom. The average molecular weight is 445 g/mol. The summed E-state index contributed by atoms with van der Waals surface area (Å²) >= 11 is 0. The van der Waals surface area contributed by atoms with Crippen molar-refractivity contribution in [2.45, 2.75) is 51.1 Å². The highest BCUT2D eigenvalue weighted by molar-refractivity contribution is 5.95. The summed E-state index contributed by atoms with van der Waals surface area (Å²) in [6.07, 6.45) is 6.56. The lowest BCUT2D eigenvalue weighted by Crippen LogP contribution is -2.53. The van der Waals surface area contributed by atoms with Crippen molar-refractivity contribution in [1.29, 1.82) is 0 Å². The van der Waals surface area contributed by atoms with Gasteiger partial charge in [-0.2, -0.15) is 0 Å². The summed E-state index contributed by atoms with van der Waals surface area (Å²) in [5, 5.41) is 5.59. The van der Waals surface area contributed by atoms with E-state index in [0.29, 0.717) is 29.4 Å². The zero-order valence-corrected chi connectivity index (χ0v) is 18.7.